The van der Waals surface area contributed by atoms with Crippen molar-refractivity contribution in [1.82, 2.24) is 5.32 Å². The number of anilines is 2. The van der Waals surface area contributed by atoms with Crippen LogP contribution in [0.1, 0.15) is 40.0 Å². The molecule has 29 heavy (non-hydrogen) atoms. The van der Waals surface area contributed by atoms with E-state index in [0.717, 1.165) is 42.5 Å². The second-order valence-corrected chi connectivity index (χ2v) is 7.91. The Morgan fingerprint density at radius 2 is 1.79 bits per heavy atom. The normalized spacial score (nSPS) is 13.4. The summed E-state index contributed by atoms with van der Waals surface area (Å²) < 4.78 is 5.95. The topological polar surface area (TPSA) is 70.7 Å². The minimum Gasteiger partial charge on any atom is -0.385 e. The molecular formula is C22H26BrN3O3. The summed E-state index contributed by atoms with van der Waals surface area (Å²) in [6, 6.07) is 12.7. The van der Waals surface area contributed by atoms with Crippen molar-refractivity contribution in [3.8, 4) is 0 Å². The number of ether oxygens (including phenoxy) is 1. The van der Waals surface area contributed by atoms with Crippen molar-refractivity contribution in [3.05, 3.63) is 58.1 Å². The fourth-order valence-corrected chi connectivity index (χ4v) is 3.61. The quantitative estimate of drug-likeness (QED) is 0.583. The first-order valence-electron chi connectivity index (χ1n) is 9.81. The van der Waals surface area contributed by atoms with E-state index in [4.69, 9.17) is 4.74 Å². The molecule has 1 aliphatic heterocycles. The summed E-state index contributed by atoms with van der Waals surface area (Å²) in [5, 5.41) is 5.85. The van der Waals surface area contributed by atoms with Crippen molar-refractivity contribution in [2.24, 2.45) is 0 Å². The second kappa shape index (κ2) is 10.4. The maximum atomic E-state index is 12.8. The summed E-state index contributed by atoms with van der Waals surface area (Å²) in [5.74, 6) is -0.347. The Morgan fingerprint density at radius 1 is 1.07 bits per heavy atom. The molecule has 0 unspecified atom stereocenters. The van der Waals surface area contributed by atoms with Crippen molar-refractivity contribution >= 4 is 39.1 Å². The lowest BCUT2D eigenvalue weighted by Crippen LogP contribution is -2.29. The average Bonchev–Trinajstić information content (AvgIpc) is 3.26. The third-order valence-corrected chi connectivity index (χ3v) is 5.39. The van der Waals surface area contributed by atoms with Crippen LogP contribution in [0.4, 0.5) is 11.4 Å². The van der Waals surface area contributed by atoms with Gasteiger partial charge in [-0.1, -0.05) is 15.9 Å². The summed E-state index contributed by atoms with van der Waals surface area (Å²) in [4.78, 5) is 27.6. The van der Waals surface area contributed by atoms with Gasteiger partial charge in [0.1, 0.15) is 0 Å². The van der Waals surface area contributed by atoms with Crippen LogP contribution in [0.3, 0.4) is 0 Å². The van der Waals surface area contributed by atoms with E-state index in [1.165, 1.54) is 0 Å². The Bertz CT molecular complexity index is 849. The number of nitrogens with zero attached hydrogens (tertiary/aromatic N) is 1. The first kappa shape index (κ1) is 21.3. The standard InChI is InChI=1S/C22H26BrN3O3/c1-29-14-4-11-24-22(28)19-15-18(9-10-20(19)26-12-2-3-13-26)25-21(27)16-5-7-17(23)8-6-16/h5-10,15H,2-4,11-14H2,1H3,(H,24,28)(H,25,27). The predicted octanol–water partition coefficient (Wildman–Crippen LogP) is 4.07. The van der Waals surface area contributed by atoms with Crippen LogP contribution in [0.5, 0.6) is 0 Å². The second-order valence-electron chi connectivity index (χ2n) is 6.99. The van der Waals surface area contributed by atoms with Crippen LogP contribution in [-0.2, 0) is 4.74 Å². The van der Waals surface area contributed by atoms with Gasteiger partial charge in [0, 0.05) is 54.8 Å². The van der Waals surface area contributed by atoms with Gasteiger partial charge in [0.25, 0.3) is 11.8 Å². The van der Waals surface area contributed by atoms with E-state index in [1.807, 2.05) is 24.3 Å². The number of halogens is 1. The van der Waals surface area contributed by atoms with E-state index in [-0.39, 0.29) is 11.8 Å². The average molecular weight is 460 g/mol. The number of benzene rings is 2. The zero-order valence-electron chi connectivity index (χ0n) is 16.5. The first-order chi connectivity index (χ1) is 14.1. The number of carbonyl (C=O) groups is 2. The molecule has 1 aliphatic rings. The van der Waals surface area contributed by atoms with E-state index < -0.39 is 0 Å². The van der Waals surface area contributed by atoms with E-state index in [2.05, 4.69) is 31.5 Å². The molecule has 2 aromatic rings. The summed E-state index contributed by atoms with van der Waals surface area (Å²) in [5.41, 5.74) is 2.65. The molecule has 0 spiro atoms. The van der Waals surface area contributed by atoms with Gasteiger partial charge in [0.05, 0.1) is 5.56 Å². The minimum atomic E-state index is -0.210. The number of methoxy groups -OCH3 is 1. The maximum Gasteiger partial charge on any atom is 0.255 e. The molecule has 6 nitrogen and oxygen atoms in total. The molecule has 0 saturated carbocycles. The van der Waals surface area contributed by atoms with Gasteiger partial charge < -0.3 is 20.3 Å². The monoisotopic (exact) mass is 459 g/mol. The van der Waals surface area contributed by atoms with Crippen LogP contribution in [0, 0.1) is 0 Å². The lowest BCUT2D eigenvalue weighted by molar-refractivity contribution is 0.0947. The van der Waals surface area contributed by atoms with Crippen LogP contribution in [0.15, 0.2) is 46.9 Å². The Balaban J connectivity index is 1.78. The van der Waals surface area contributed by atoms with E-state index in [1.54, 1.807) is 25.3 Å². The molecule has 0 bridgehead atoms. The van der Waals surface area contributed by atoms with Crippen LogP contribution >= 0.6 is 15.9 Å². The summed E-state index contributed by atoms with van der Waals surface area (Å²) in [6.45, 7) is 3.02. The van der Waals surface area contributed by atoms with Gasteiger partial charge in [-0.05, 0) is 61.7 Å². The lowest BCUT2D eigenvalue weighted by atomic mass is 10.1. The van der Waals surface area contributed by atoms with Crippen molar-refractivity contribution < 1.29 is 14.3 Å². The molecular weight excluding hydrogens is 434 g/mol. The molecule has 0 atom stereocenters. The fourth-order valence-electron chi connectivity index (χ4n) is 3.35. The predicted molar refractivity (Wildman–Crippen MR) is 119 cm³/mol. The minimum absolute atomic E-state index is 0.136. The summed E-state index contributed by atoms with van der Waals surface area (Å²) >= 11 is 3.37. The summed E-state index contributed by atoms with van der Waals surface area (Å²) in [7, 11) is 1.64. The molecule has 2 amide bonds. The highest BCUT2D eigenvalue weighted by Crippen LogP contribution is 2.28. The highest BCUT2D eigenvalue weighted by molar-refractivity contribution is 9.10. The lowest BCUT2D eigenvalue weighted by Gasteiger charge is -2.22. The number of hydrogen-bond acceptors (Lipinski definition) is 4. The highest BCUT2D eigenvalue weighted by atomic mass is 79.9. The van der Waals surface area contributed by atoms with Crippen LogP contribution < -0.4 is 15.5 Å². The fraction of sp³-hybridized carbons (Fsp3) is 0.364. The van der Waals surface area contributed by atoms with Gasteiger partial charge in [0.15, 0.2) is 0 Å². The molecule has 3 rings (SSSR count). The maximum absolute atomic E-state index is 12.8. The molecule has 154 valence electrons. The molecule has 0 aliphatic carbocycles. The Labute approximate surface area is 179 Å². The molecule has 7 heteroatoms. The zero-order valence-corrected chi connectivity index (χ0v) is 18.1. The van der Waals surface area contributed by atoms with Gasteiger partial charge in [0.2, 0.25) is 0 Å². The van der Waals surface area contributed by atoms with Gasteiger partial charge in [-0.15, -0.1) is 0 Å². The molecule has 2 aromatic carbocycles. The van der Waals surface area contributed by atoms with Gasteiger partial charge in [-0.3, -0.25) is 9.59 Å². The largest absolute Gasteiger partial charge is 0.385 e. The molecule has 1 heterocycles. The first-order valence-corrected chi connectivity index (χ1v) is 10.6. The van der Waals surface area contributed by atoms with Crippen LogP contribution in [0.25, 0.3) is 0 Å². The van der Waals surface area contributed by atoms with E-state index >= 15 is 0 Å². The molecule has 2 N–H and O–H groups in total. The third kappa shape index (κ3) is 5.81. The van der Waals surface area contributed by atoms with Crippen LogP contribution in [0.2, 0.25) is 0 Å². The smallest absolute Gasteiger partial charge is 0.255 e. The third-order valence-electron chi connectivity index (χ3n) is 4.86. The number of hydrogen-bond donors (Lipinski definition) is 2. The van der Waals surface area contributed by atoms with E-state index in [0.29, 0.717) is 30.0 Å². The number of nitrogens with one attached hydrogen (secondary N) is 2. The number of amides is 2. The van der Waals surface area contributed by atoms with Crippen molar-refractivity contribution in [1.29, 1.82) is 0 Å². The van der Waals surface area contributed by atoms with Crippen molar-refractivity contribution in [2.45, 2.75) is 19.3 Å². The Hall–Kier alpha value is -2.38. The van der Waals surface area contributed by atoms with Gasteiger partial charge >= 0.3 is 0 Å². The van der Waals surface area contributed by atoms with Crippen molar-refractivity contribution in [3.63, 3.8) is 0 Å². The SMILES string of the molecule is COCCCNC(=O)c1cc(NC(=O)c2ccc(Br)cc2)ccc1N1CCCC1. The van der Waals surface area contributed by atoms with E-state index in [9.17, 15) is 9.59 Å². The highest BCUT2D eigenvalue weighted by Gasteiger charge is 2.20. The zero-order chi connectivity index (χ0) is 20.6. The molecule has 0 aromatic heterocycles. The number of rotatable bonds is 8. The summed E-state index contributed by atoms with van der Waals surface area (Å²) in [6.07, 6.45) is 3.00. The molecule has 0 radical (unpaired) electrons. The Morgan fingerprint density at radius 3 is 2.48 bits per heavy atom. The van der Waals surface area contributed by atoms with Gasteiger partial charge in [-0.2, -0.15) is 0 Å². The van der Waals surface area contributed by atoms with Crippen molar-refractivity contribution in [2.75, 3.05) is 43.6 Å². The Kier molecular flexibility index (Phi) is 7.66. The van der Waals surface area contributed by atoms with Gasteiger partial charge in [-0.25, -0.2) is 0 Å². The molecule has 1 saturated heterocycles. The number of carbonyl (C=O) groups excluding carboxylic acids is 2. The molecule has 1 fully saturated rings. The van der Waals surface area contributed by atoms with Crippen LogP contribution in [-0.4, -0.2) is 45.2 Å².